The summed E-state index contributed by atoms with van der Waals surface area (Å²) in [5.74, 6) is 0. The highest BCUT2D eigenvalue weighted by Crippen LogP contribution is 1.99. The SMILES string of the molecule is O=S(=O)(/C=C/I)/C=C/I. The van der Waals surface area contributed by atoms with Gasteiger partial charge in [0.25, 0.3) is 0 Å². The first-order chi connectivity index (χ1) is 4.12. The fourth-order valence-corrected chi connectivity index (χ4v) is 3.02. The summed E-state index contributed by atoms with van der Waals surface area (Å²) in [4.78, 5) is 0. The lowest BCUT2D eigenvalue weighted by molar-refractivity contribution is 0.613. The highest BCUT2D eigenvalue weighted by atomic mass is 127. The molecule has 0 saturated heterocycles. The summed E-state index contributed by atoms with van der Waals surface area (Å²) in [6.45, 7) is 0. The first kappa shape index (κ1) is 9.89. The van der Waals surface area contributed by atoms with Crippen LogP contribution in [-0.2, 0) is 9.84 Å². The Morgan fingerprint density at radius 3 is 1.56 bits per heavy atom. The van der Waals surface area contributed by atoms with Crippen LogP contribution in [0, 0.1) is 0 Å². The zero-order valence-electron chi connectivity index (χ0n) is 4.29. The van der Waals surface area contributed by atoms with Crippen LogP contribution in [0.25, 0.3) is 0 Å². The molecule has 0 N–H and O–H groups in total. The van der Waals surface area contributed by atoms with Crippen molar-refractivity contribution in [2.45, 2.75) is 0 Å². The van der Waals surface area contributed by atoms with E-state index in [9.17, 15) is 8.42 Å². The van der Waals surface area contributed by atoms with Crippen LogP contribution in [0.5, 0.6) is 0 Å². The summed E-state index contributed by atoms with van der Waals surface area (Å²) in [6, 6.07) is 0. The summed E-state index contributed by atoms with van der Waals surface area (Å²) >= 11 is 3.71. The molecular formula is C4H4I2O2S. The summed E-state index contributed by atoms with van der Waals surface area (Å²) in [5.41, 5.74) is 0. The highest BCUT2D eigenvalue weighted by molar-refractivity contribution is 14.1. The molecule has 0 aliphatic rings. The van der Waals surface area contributed by atoms with Crippen molar-refractivity contribution in [3.05, 3.63) is 19.0 Å². The van der Waals surface area contributed by atoms with E-state index in [2.05, 4.69) is 0 Å². The predicted molar refractivity (Wildman–Crippen MR) is 55.2 cm³/mol. The van der Waals surface area contributed by atoms with Crippen LogP contribution in [0.3, 0.4) is 0 Å². The van der Waals surface area contributed by atoms with Crippen molar-refractivity contribution in [3.8, 4) is 0 Å². The monoisotopic (exact) mass is 370 g/mol. The smallest absolute Gasteiger partial charge is 0.193 e. The lowest BCUT2D eigenvalue weighted by Gasteiger charge is -1.81. The van der Waals surface area contributed by atoms with Gasteiger partial charge in [-0.15, -0.1) is 0 Å². The Morgan fingerprint density at radius 1 is 1.00 bits per heavy atom. The van der Waals surface area contributed by atoms with Crippen LogP contribution in [0.2, 0.25) is 0 Å². The molecule has 0 bridgehead atoms. The number of halogens is 2. The van der Waals surface area contributed by atoms with Gasteiger partial charge in [-0.3, -0.25) is 0 Å². The van der Waals surface area contributed by atoms with Crippen LogP contribution in [0.1, 0.15) is 0 Å². The van der Waals surface area contributed by atoms with E-state index in [1.807, 2.05) is 45.2 Å². The Labute approximate surface area is 81.6 Å². The van der Waals surface area contributed by atoms with Gasteiger partial charge in [0.2, 0.25) is 0 Å². The van der Waals surface area contributed by atoms with E-state index in [1.165, 1.54) is 8.17 Å². The third-order valence-electron chi connectivity index (χ3n) is 0.482. The molecule has 0 aliphatic heterocycles. The molecule has 9 heavy (non-hydrogen) atoms. The molecule has 0 fully saturated rings. The van der Waals surface area contributed by atoms with Gasteiger partial charge in [-0.05, 0) is 8.17 Å². The fourth-order valence-electron chi connectivity index (χ4n) is 0.189. The average molecular weight is 370 g/mol. The van der Waals surface area contributed by atoms with Crippen molar-refractivity contribution in [1.29, 1.82) is 0 Å². The molecule has 0 aromatic carbocycles. The molecule has 0 radical (unpaired) electrons. The molecule has 0 aliphatic carbocycles. The lowest BCUT2D eigenvalue weighted by atomic mass is 11.2. The van der Waals surface area contributed by atoms with Gasteiger partial charge in [0, 0.05) is 10.8 Å². The molecule has 0 heterocycles. The van der Waals surface area contributed by atoms with Gasteiger partial charge in [0.1, 0.15) is 0 Å². The van der Waals surface area contributed by atoms with Crippen molar-refractivity contribution in [2.75, 3.05) is 0 Å². The van der Waals surface area contributed by atoms with Gasteiger partial charge >= 0.3 is 0 Å². The largest absolute Gasteiger partial charge is 0.220 e. The van der Waals surface area contributed by atoms with Gasteiger partial charge in [-0.1, -0.05) is 45.2 Å². The minimum absolute atomic E-state index is 1.14. The zero-order valence-corrected chi connectivity index (χ0v) is 9.42. The minimum atomic E-state index is -3.06. The van der Waals surface area contributed by atoms with Crippen LogP contribution in [0.4, 0.5) is 0 Å². The second-order valence-electron chi connectivity index (χ2n) is 1.11. The number of rotatable bonds is 2. The van der Waals surface area contributed by atoms with E-state index in [-0.39, 0.29) is 0 Å². The van der Waals surface area contributed by atoms with Crippen molar-refractivity contribution in [3.63, 3.8) is 0 Å². The van der Waals surface area contributed by atoms with Crippen LogP contribution in [0.15, 0.2) is 19.0 Å². The molecule has 0 rings (SSSR count). The molecule has 0 spiro atoms. The molecule has 0 unspecified atom stereocenters. The Kier molecular flexibility index (Phi) is 5.13. The number of hydrogen-bond donors (Lipinski definition) is 0. The van der Waals surface area contributed by atoms with Crippen LogP contribution in [-0.4, -0.2) is 8.42 Å². The van der Waals surface area contributed by atoms with E-state index in [0.717, 1.165) is 10.8 Å². The first-order valence-corrected chi connectivity index (χ1v) is 6.01. The van der Waals surface area contributed by atoms with Gasteiger partial charge in [-0.25, -0.2) is 8.42 Å². The van der Waals surface area contributed by atoms with Crippen molar-refractivity contribution in [2.24, 2.45) is 0 Å². The Bertz CT molecular complexity index is 197. The fraction of sp³-hybridized carbons (Fsp3) is 0. The summed E-state index contributed by atoms with van der Waals surface area (Å²) in [7, 11) is -3.06. The molecule has 5 heteroatoms. The van der Waals surface area contributed by atoms with E-state index in [0.29, 0.717) is 0 Å². The first-order valence-electron chi connectivity index (χ1n) is 1.91. The predicted octanol–water partition coefficient (Wildman–Crippen LogP) is 2.21. The minimum Gasteiger partial charge on any atom is -0.220 e. The molecule has 2 nitrogen and oxygen atoms in total. The van der Waals surface area contributed by atoms with E-state index in [1.54, 1.807) is 0 Å². The molecule has 0 aromatic rings. The quantitative estimate of drug-likeness (QED) is 0.699. The van der Waals surface area contributed by atoms with Gasteiger partial charge in [0.15, 0.2) is 9.84 Å². The molecule has 0 atom stereocenters. The van der Waals surface area contributed by atoms with Gasteiger partial charge < -0.3 is 0 Å². The topological polar surface area (TPSA) is 34.1 Å². The third-order valence-corrected chi connectivity index (χ3v) is 3.21. The van der Waals surface area contributed by atoms with Crippen molar-refractivity contribution in [1.82, 2.24) is 0 Å². The maximum Gasteiger partial charge on any atom is 0.193 e. The average Bonchev–Trinajstić information content (AvgIpc) is 1.64. The summed E-state index contributed by atoms with van der Waals surface area (Å²) in [6.07, 6.45) is 0. The van der Waals surface area contributed by atoms with E-state index in [4.69, 9.17) is 0 Å². The van der Waals surface area contributed by atoms with Gasteiger partial charge in [-0.2, -0.15) is 0 Å². The zero-order chi connectivity index (χ0) is 7.33. The van der Waals surface area contributed by atoms with E-state index >= 15 is 0 Å². The molecular weight excluding hydrogens is 366 g/mol. The van der Waals surface area contributed by atoms with Crippen LogP contribution < -0.4 is 0 Å². The molecule has 52 valence electrons. The highest BCUT2D eigenvalue weighted by Gasteiger charge is 1.94. The van der Waals surface area contributed by atoms with Crippen LogP contribution >= 0.6 is 45.2 Å². The Hall–Kier alpha value is 0.890. The maximum atomic E-state index is 10.6. The normalized spacial score (nSPS) is 13.6. The molecule has 0 amide bonds. The molecule has 0 aromatic heterocycles. The van der Waals surface area contributed by atoms with Crippen molar-refractivity contribution >= 4 is 55.0 Å². The number of sulfone groups is 1. The van der Waals surface area contributed by atoms with Gasteiger partial charge in [0.05, 0.1) is 0 Å². The second-order valence-corrected chi connectivity index (χ2v) is 4.27. The summed E-state index contributed by atoms with van der Waals surface area (Å²) in [5, 5.41) is 2.28. The number of hydrogen-bond acceptors (Lipinski definition) is 2. The third kappa shape index (κ3) is 5.34. The molecule has 0 saturated carbocycles. The lowest BCUT2D eigenvalue weighted by Crippen LogP contribution is -1.84. The second kappa shape index (κ2) is 4.67. The Morgan fingerprint density at radius 2 is 1.33 bits per heavy atom. The van der Waals surface area contributed by atoms with Crippen molar-refractivity contribution < 1.29 is 8.42 Å². The Balaban J connectivity index is 4.42. The maximum absolute atomic E-state index is 10.6. The standard InChI is InChI=1S/C4H4I2O2S/c5-1-3-9(7,8)4-2-6/h1-4H/b3-1+,4-2+. The van der Waals surface area contributed by atoms with E-state index < -0.39 is 9.84 Å². The summed E-state index contributed by atoms with van der Waals surface area (Å²) < 4.78 is 24.2.